The summed E-state index contributed by atoms with van der Waals surface area (Å²) in [5, 5.41) is 0.583. The van der Waals surface area contributed by atoms with Gasteiger partial charge in [-0.25, -0.2) is 49.6 Å². The van der Waals surface area contributed by atoms with E-state index in [0.717, 1.165) is 12.5 Å². The third-order valence-corrected chi connectivity index (χ3v) is 17.4. The van der Waals surface area contributed by atoms with Crippen LogP contribution in [-0.2, 0) is 68.3 Å². The number of alkyl halides is 1. The monoisotopic (exact) mass is 1530 g/mol. The molecule has 2 atom stereocenters. The number of hydrogen-bond donors (Lipinski definition) is 1. The van der Waals surface area contributed by atoms with E-state index in [1.807, 2.05) is 47.6 Å². The zero-order valence-electron chi connectivity index (χ0n) is 51.8. The topological polar surface area (TPSA) is 214 Å². The van der Waals surface area contributed by atoms with E-state index in [0.29, 0.717) is 91.5 Å². The summed E-state index contributed by atoms with van der Waals surface area (Å²) in [6, 6.07) is 30.9. The van der Waals surface area contributed by atoms with Crippen molar-refractivity contribution in [1.29, 1.82) is 0 Å². The van der Waals surface area contributed by atoms with Crippen LogP contribution in [0.5, 0.6) is 23.0 Å². The number of hydrogen-bond acceptors (Lipinski definition) is 14. The van der Waals surface area contributed by atoms with Crippen molar-refractivity contribution in [1.82, 2.24) is 28.7 Å². The number of aromatic nitrogens is 6. The molecule has 0 amide bonds. The predicted octanol–water partition coefficient (Wildman–Crippen LogP) is 11.0. The van der Waals surface area contributed by atoms with Crippen molar-refractivity contribution >= 4 is 70.5 Å². The number of halogens is 4. The first-order chi connectivity index (χ1) is 41.7. The van der Waals surface area contributed by atoms with Gasteiger partial charge >= 0.3 is 18.5 Å². The van der Waals surface area contributed by atoms with Gasteiger partial charge in [0.25, 0.3) is 0 Å². The molecule has 1 N–H and O–H groups in total. The summed E-state index contributed by atoms with van der Waals surface area (Å²) in [5.74, 6) is 0.0834. The molecule has 1 fully saturated rings. The van der Waals surface area contributed by atoms with Crippen LogP contribution in [0.3, 0.4) is 0 Å². The molecule has 1 aliphatic heterocycles. The fourth-order valence-electron chi connectivity index (χ4n) is 9.97. The quantitative estimate of drug-likeness (QED) is 0.0427. The Bertz CT molecular complexity index is 4320. The molecule has 26 heteroatoms. The van der Waals surface area contributed by atoms with Crippen LogP contribution in [-0.4, -0.2) is 115 Å². The first-order valence-corrected chi connectivity index (χ1v) is 33.2. The van der Waals surface area contributed by atoms with E-state index in [-0.39, 0.29) is 77.5 Å². The number of pyridine rings is 2. The van der Waals surface area contributed by atoms with Crippen LogP contribution in [0.4, 0.5) is 13.2 Å². The minimum absolute atomic E-state index is 0. The fourth-order valence-corrected chi connectivity index (χ4v) is 12.3. The van der Waals surface area contributed by atoms with Gasteiger partial charge < -0.3 is 40.7 Å². The van der Waals surface area contributed by atoms with Crippen LogP contribution in [0.25, 0.3) is 22.3 Å². The molecule has 0 bridgehead atoms. The smallest absolute Gasteiger partial charge is 0.493 e. The molecule has 1 aliphatic rings. The summed E-state index contributed by atoms with van der Waals surface area (Å²) in [5.41, 5.74) is 2.99. The van der Waals surface area contributed by atoms with Crippen molar-refractivity contribution < 1.29 is 79.3 Å². The van der Waals surface area contributed by atoms with Gasteiger partial charge in [0, 0.05) is 68.7 Å². The predicted molar refractivity (Wildman–Crippen MR) is 351 cm³/mol. The third kappa shape index (κ3) is 17.8. The van der Waals surface area contributed by atoms with Gasteiger partial charge in [0.1, 0.15) is 37.1 Å². The van der Waals surface area contributed by atoms with Gasteiger partial charge in [-0.3, -0.25) is 13.7 Å². The van der Waals surface area contributed by atoms with Crippen molar-refractivity contribution in [2.75, 3.05) is 51.5 Å². The van der Waals surface area contributed by atoms with Gasteiger partial charge in [0.2, 0.25) is 0 Å². The minimum Gasteiger partial charge on any atom is -0.493 e. The van der Waals surface area contributed by atoms with Gasteiger partial charge in [-0.05, 0) is 124 Å². The number of nitrogens with one attached hydrogen (secondary N) is 1. The molecule has 0 spiro atoms. The minimum atomic E-state index is -3.63. The number of H-pyrrole nitrogens is 1. The van der Waals surface area contributed by atoms with Crippen LogP contribution in [0.2, 0.25) is 0 Å². The van der Waals surface area contributed by atoms with Crippen molar-refractivity contribution in [3.05, 3.63) is 213 Å². The number of aromatic amines is 1. The molecular formula is C65H76BBrF3N6O12S2W-. The fraction of sp³-hybridized carbons (Fsp3) is 0.338. The van der Waals surface area contributed by atoms with E-state index < -0.39 is 73.0 Å². The number of sulfone groups is 2. The molecule has 0 radical (unpaired) electrons. The molecule has 10 rings (SSSR count). The maximum absolute atomic E-state index is 14.8. The number of methoxy groups -OCH3 is 2. The molecule has 18 nitrogen and oxygen atoms in total. The van der Waals surface area contributed by atoms with Crippen LogP contribution < -0.4 is 35.8 Å². The molecular weight excluding hydrogens is 1450 g/mol. The molecule has 1 saturated heterocycles. The van der Waals surface area contributed by atoms with Crippen LogP contribution >= 0.6 is 15.9 Å². The van der Waals surface area contributed by atoms with Crippen molar-refractivity contribution in [2.24, 2.45) is 0 Å². The number of benzene rings is 5. The average molecular weight is 1530 g/mol. The first kappa shape index (κ1) is 74.7. The number of imidazole rings is 2. The molecule has 0 saturated carbocycles. The second kappa shape index (κ2) is 31.5. The number of fused-ring (bicyclic) bond motifs is 2. The summed E-state index contributed by atoms with van der Waals surface area (Å²) in [6.07, 6.45) is 5.56. The number of nitrogens with zero attached hydrogens (tertiary/aromatic N) is 5. The van der Waals surface area contributed by atoms with Crippen molar-refractivity contribution in [3.63, 3.8) is 0 Å². The van der Waals surface area contributed by atoms with Gasteiger partial charge in [-0.1, -0.05) is 90.1 Å². The molecule has 0 unspecified atom stereocenters. The maximum atomic E-state index is 14.8. The summed E-state index contributed by atoms with van der Waals surface area (Å²) in [4.78, 5) is 39.3. The molecule has 488 valence electrons. The summed E-state index contributed by atoms with van der Waals surface area (Å²) in [6.45, 7) is 12.1. The molecule has 4 aromatic heterocycles. The Morgan fingerprint density at radius 1 is 0.637 bits per heavy atom. The normalized spacial score (nSPS) is 13.9. The average Bonchev–Trinajstić information content (AvgIpc) is 1.72. The van der Waals surface area contributed by atoms with Gasteiger partial charge in [-0.2, -0.15) is 0 Å². The molecule has 5 heterocycles. The zero-order chi connectivity index (χ0) is 63.9. The van der Waals surface area contributed by atoms with Gasteiger partial charge in [0.15, 0.2) is 34.3 Å². The summed E-state index contributed by atoms with van der Waals surface area (Å²) >= 11 is 3.17. The Hall–Kier alpha value is -7.02. The van der Waals surface area contributed by atoms with Crippen LogP contribution in [0.1, 0.15) is 94.4 Å². The van der Waals surface area contributed by atoms with E-state index in [2.05, 4.69) is 30.9 Å². The zero-order valence-corrected chi connectivity index (χ0v) is 57.9. The first-order valence-electron chi connectivity index (χ1n) is 28.0. The summed E-state index contributed by atoms with van der Waals surface area (Å²) in [7, 11) is -4.74. The molecule has 91 heavy (non-hydrogen) atoms. The Balaban J connectivity index is 0.000000285. The number of rotatable bonds is 20. The van der Waals surface area contributed by atoms with Crippen molar-refractivity contribution in [3.8, 4) is 23.0 Å². The second-order valence-electron chi connectivity index (χ2n) is 21.9. The van der Waals surface area contributed by atoms with E-state index in [9.17, 15) is 39.6 Å². The SMILES string of the molecule is C.CCOc1cc([C@@H](CS(C)(=O)=O)n2c(=O)[nH]c3cc(B4OC(C)(C)C(C)(C)O4)cnc32)ccc1OC.CCOc1cc([C@@H](CS(C)(=O)=O)n2c(=O)n(Cc3ccccc3F)c3cc(Cc4ccccc4F)cnc32)ccc1OC.Fc1ccccc1CBr.[CH3-].[W]. The van der Waals surface area contributed by atoms with E-state index in [4.69, 9.17) is 28.3 Å². The van der Waals surface area contributed by atoms with E-state index in [1.54, 1.807) is 103 Å². The Morgan fingerprint density at radius 2 is 1.10 bits per heavy atom. The molecule has 5 aromatic carbocycles. The van der Waals surface area contributed by atoms with Crippen LogP contribution in [0.15, 0.2) is 143 Å². The van der Waals surface area contributed by atoms with Gasteiger partial charge in [-0.15, -0.1) is 0 Å². The second-order valence-corrected chi connectivity index (χ2v) is 26.9. The largest absolute Gasteiger partial charge is 0.496 e. The number of ether oxygens (including phenoxy) is 4. The Labute approximate surface area is 552 Å². The standard InChI is InChI=1S/C32H31F2N3O5S.C24H32BN3O7S.C7H6BrF.CH4.CH3.W/c1-4-42-30-17-23(13-14-29(30)41-2)28(20-43(3,39)40)37-31-27(36(32(37)38)19-24-10-6-8-12-26(24)34)16-21(18-35-31)15-22-9-5-7-11-25(22)33;1-8-33-20-11-15(9-10-19(20)32-6)18(14-36(7,30)31)28-21-17(27-22(28)29)12-16(13-26-21)25-34-23(2,3)24(4,5)35-25;8-5-6-3-1-2-4-7(6)9;;;/h5-14,16-18,28H,4,15,19-20H2,1-3H3;9-13,18H,8,14H2,1-7H3,(H,27,29);1-4H,5H2;1H4;1H3;/q;;;;-1;/t28-;18-;;;;/m11..../s1. The summed E-state index contributed by atoms with van der Waals surface area (Å²) < 4.78 is 130. The molecule has 9 aromatic rings. The Morgan fingerprint density at radius 3 is 1.55 bits per heavy atom. The maximum Gasteiger partial charge on any atom is 0.496 e. The van der Waals surface area contributed by atoms with Crippen LogP contribution in [0, 0.1) is 24.9 Å². The molecule has 0 aliphatic carbocycles. The Kier molecular flexibility index (Phi) is 25.9. The third-order valence-electron chi connectivity index (χ3n) is 15.0. The van der Waals surface area contributed by atoms with Gasteiger partial charge in [0.05, 0.1) is 79.8 Å². The van der Waals surface area contributed by atoms with E-state index >= 15 is 0 Å². The van der Waals surface area contributed by atoms with Crippen molar-refractivity contribution in [2.45, 2.75) is 90.6 Å². The van der Waals surface area contributed by atoms with E-state index in [1.165, 1.54) is 52.3 Å².